The van der Waals surface area contributed by atoms with E-state index in [1.165, 1.54) is 0 Å². The van der Waals surface area contributed by atoms with Crippen molar-refractivity contribution in [2.75, 3.05) is 24.7 Å². The van der Waals surface area contributed by atoms with Gasteiger partial charge in [0, 0.05) is 18.3 Å². The van der Waals surface area contributed by atoms with E-state index in [1.807, 2.05) is 6.92 Å². The summed E-state index contributed by atoms with van der Waals surface area (Å²) in [6.07, 6.45) is -0.200. The quantitative estimate of drug-likeness (QED) is 0.729. The van der Waals surface area contributed by atoms with E-state index in [-0.39, 0.29) is 35.9 Å². The van der Waals surface area contributed by atoms with Gasteiger partial charge in [-0.2, -0.15) is 0 Å². The molecule has 1 aliphatic rings. The molecule has 0 spiro atoms. The van der Waals surface area contributed by atoms with E-state index in [0.29, 0.717) is 13.2 Å². The third kappa shape index (κ3) is 6.07. The summed E-state index contributed by atoms with van der Waals surface area (Å²) < 4.78 is 28.3. The Balaban J connectivity index is 0.00000324. The molecule has 2 N–H and O–H groups in total. The minimum atomic E-state index is -3.07. The second-order valence-corrected chi connectivity index (χ2v) is 7.01. The van der Waals surface area contributed by atoms with Crippen molar-refractivity contribution in [3.63, 3.8) is 0 Å². The maximum absolute atomic E-state index is 11.9. The Kier molecular flexibility index (Phi) is 7.88. The molecule has 0 radical (unpaired) electrons. The molecular weight excluding hydrogens is 292 g/mol. The second kappa shape index (κ2) is 8.04. The van der Waals surface area contributed by atoms with Gasteiger partial charge in [0.2, 0.25) is 5.91 Å². The molecule has 1 amide bonds. The monoisotopic (exact) mass is 314 g/mol. The van der Waals surface area contributed by atoms with Gasteiger partial charge in [-0.05, 0) is 13.8 Å². The average Bonchev–Trinajstić information content (AvgIpc) is 2.28. The van der Waals surface area contributed by atoms with Crippen LogP contribution in [0.15, 0.2) is 0 Å². The number of ether oxygens (including phenoxy) is 1. The lowest BCUT2D eigenvalue weighted by molar-refractivity contribution is -0.129. The van der Waals surface area contributed by atoms with Crippen LogP contribution < -0.4 is 10.6 Å². The van der Waals surface area contributed by atoms with Crippen molar-refractivity contribution < 1.29 is 17.9 Å². The summed E-state index contributed by atoms with van der Waals surface area (Å²) >= 11 is 0. The van der Waals surface area contributed by atoms with Gasteiger partial charge >= 0.3 is 0 Å². The highest BCUT2D eigenvalue weighted by Gasteiger charge is 2.29. The largest absolute Gasteiger partial charge is 0.375 e. The molecule has 0 bridgehead atoms. The summed E-state index contributed by atoms with van der Waals surface area (Å²) in [5.41, 5.74) is 0. The summed E-state index contributed by atoms with van der Waals surface area (Å²) in [6, 6.07) is -0.802. The molecule has 0 aromatic heterocycles. The van der Waals surface area contributed by atoms with E-state index in [2.05, 4.69) is 10.6 Å². The fourth-order valence-corrected chi connectivity index (χ4v) is 2.98. The lowest BCUT2D eigenvalue weighted by atomic mass is 10.1. The molecule has 1 rings (SSSR count). The van der Waals surface area contributed by atoms with E-state index in [4.69, 9.17) is 4.74 Å². The number of sulfone groups is 1. The zero-order chi connectivity index (χ0) is 13.8. The summed E-state index contributed by atoms with van der Waals surface area (Å²) in [6.45, 7) is 6.33. The Morgan fingerprint density at radius 2 is 2.16 bits per heavy atom. The van der Waals surface area contributed by atoms with Crippen LogP contribution in [-0.2, 0) is 19.4 Å². The van der Waals surface area contributed by atoms with Crippen molar-refractivity contribution in [1.82, 2.24) is 10.6 Å². The number of carbonyl (C=O) groups is 1. The van der Waals surface area contributed by atoms with Crippen LogP contribution in [0.2, 0.25) is 0 Å². The molecule has 0 aliphatic carbocycles. The predicted molar refractivity (Wildman–Crippen MR) is 76.4 cm³/mol. The van der Waals surface area contributed by atoms with E-state index in [0.717, 1.165) is 0 Å². The van der Waals surface area contributed by atoms with E-state index in [9.17, 15) is 13.2 Å². The molecule has 0 aromatic carbocycles. The Labute approximate surface area is 121 Å². The van der Waals surface area contributed by atoms with Gasteiger partial charge in [-0.15, -0.1) is 12.4 Å². The van der Waals surface area contributed by atoms with Crippen LogP contribution in [0.3, 0.4) is 0 Å². The fraction of sp³-hybridized carbons (Fsp3) is 0.909. The van der Waals surface area contributed by atoms with Crippen LogP contribution >= 0.6 is 12.4 Å². The van der Waals surface area contributed by atoms with Crippen LogP contribution in [0.25, 0.3) is 0 Å². The Hall–Kier alpha value is -0.370. The molecule has 6 nitrogen and oxygen atoms in total. The van der Waals surface area contributed by atoms with E-state index >= 15 is 0 Å². The van der Waals surface area contributed by atoms with E-state index < -0.39 is 21.9 Å². The molecule has 0 aromatic rings. The fourth-order valence-electron chi connectivity index (χ4n) is 1.90. The molecule has 114 valence electrons. The lowest BCUT2D eigenvalue weighted by Gasteiger charge is -2.30. The molecule has 19 heavy (non-hydrogen) atoms. The molecule has 0 saturated carbocycles. The minimum absolute atomic E-state index is 0. The molecule has 1 heterocycles. The first-order chi connectivity index (χ1) is 8.35. The standard InChI is InChI=1S/C11H22N2O4S.ClH/c1-4-18(15,16)7-8(2)13-11(14)10-9(3)17-6-5-12-10;/h8-10,12H,4-7H2,1-3H3,(H,13,14);1H/t8?,9-,10+;/m1./s1. The molecule has 1 saturated heterocycles. The van der Waals surface area contributed by atoms with Crippen molar-refractivity contribution in [2.24, 2.45) is 0 Å². The maximum Gasteiger partial charge on any atom is 0.240 e. The lowest BCUT2D eigenvalue weighted by Crippen LogP contribution is -2.57. The molecular formula is C11H23ClN2O4S. The topological polar surface area (TPSA) is 84.5 Å². The van der Waals surface area contributed by atoms with Gasteiger partial charge in [-0.25, -0.2) is 8.42 Å². The predicted octanol–water partition coefficient (Wildman–Crippen LogP) is -0.275. The first-order valence-corrected chi connectivity index (χ1v) is 8.03. The third-order valence-corrected chi connectivity index (χ3v) is 4.82. The van der Waals surface area contributed by atoms with Crippen LogP contribution in [0.5, 0.6) is 0 Å². The Morgan fingerprint density at radius 1 is 1.53 bits per heavy atom. The summed E-state index contributed by atoms with van der Waals surface area (Å²) in [7, 11) is -3.07. The number of morpholine rings is 1. The highest BCUT2D eigenvalue weighted by Crippen LogP contribution is 2.04. The summed E-state index contributed by atoms with van der Waals surface area (Å²) in [5, 5.41) is 5.77. The second-order valence-electron chi connectivity index (χ2n) is 4.62. The van der Waals surface area contributed by atoms with Gasteiger partial charge in [-0.3, -0.25) is 4.79 Å². The number of nitrogens with one attached hydrogen (secondary N) is 2. The highest BCUT2D eigenvalue weighted by molar-refractivity contribution is 7.91. The third-order valence-electron chi connectivity index (χ3n) is 2.93. The molecule has 1 fully saturated rings. The van der Waals surface area contributed by atoms with Gasteiger partial charge < -0.3 is 15.4 Å². The van der Waals surface area contributed by atoms with Crippen molar-refractivity contribution in [1.29, 1.82) is 0 Å². The zero-order valence-electron chi connectivity index (χ0n) is 11.5. The number of hydrogen-bond donors (Lipinski definition) is 2. The molecule has 1 unspecified atom stereocenters. The molecule has 1 aliphatic heterocycles. The van der Waals surface area contributed by atoms with Crippen molar-refractivity contribution >= 4 is 28.2 Å². The maximum atomic E-state index is 11.9. The normalized spacial score (nSPS) is 25.2. The van der Waals surface area contributed by atoms with Crippen molar-refractivity contribution in [3.05, 3.63) is 0 Å². The van der Waals surface area contributed by atoms with Gasteiger partial charge in [0.15, 0.2) is 9.84 Å². The van der Waals surface area contributed by atoms with Crippen LogP contribution in [-0.4, -0.2) is 57.2 Å². The smallest absolute Gasteiger partial charge is 0.240 e. The number of amides is 1. The van der Waals surface area contributed by atoms with Gasteiger partial charge in [0.25, 0.3) is 0 Å². The number of carbonyl (C=O) groups excluding carboxylic acids is 1. The highest BCUT2D eigenvalue weighted by atomic mass is 35.5. The van der Waals surface area contributed by atoms with Gasteiger partial charge in [-0.1, -0.05) is 6.92 Å². The molecule has 8 heteroatoms. The first kappa shape index (κ1) is 18.6. The van der Waals surface area contributed by atoms with Crippen molar-refractivity contribution in [3.8, 4) is 0 Å². The van der Waals surface area contributed by atoms with Crippen LogP contribution in [0.4, 0.5) is 0 Å². The number of rotatable bonds is 5. The summed E-state index contributed by atoms with van der Waals surface area (Å²) in [4.78, 5) is 11.9. The van der Waals surface area contributed by atoms with Crippen LogP contribution in [0.1, 0.15) is 20.8 Å². The SMILES string of the molecule is CCS(=O)(=O)CC(C)NC(=O)[C@H]1NCCO[C@@H]1C.Cl. The van der Waals surface area contributed by atoms with Gasteiger partial charge in [0.05, 0.1) is 18.5 Å². The number of halogens is 1. The number of hydrogen-bond acceptors (Lipinski definition) is 5. The van der Waals surface area contributed by atoms with Crippen LogP contribution in [0, 0.1) is 0 Å². The van der Waals surface area contributed by atoms with Gasteiger partial charge in [0.1, 0.15) is 6.04 Å². The summed E-state index contributed by atoms with van der Waals surface area (Å²) in [5.74, 6) is -0.146. The Bertz CT molecular complexity index is 388. The minimum Gasteiger partial charge on any atom is -0.375 e. The average molecular weight is 315 g/mol. The molecule has 3 atom stereocenters. The Morgan fingerprint density at radius 3 is 2.68 bits per heavy atom. The van der Waals surface area contributed by atoms with E-state index in [1.54, 1.807) is 13.8 Å². The van der Waals surface area contributed by atoms with Crippen molar-refractivity contribution in [2.45, 2.75) is 39.0 Å². The first-order valence-electron chi connectivity index (χ1n) is 6.21. The zero-order valence-corrected chi connectivity index (χ0v) is 13.1.